The molecule has 2 fully saturated rings. The Balaban J connectivity index is 1.21. The number of nitrogens with zero attached hydrogens (tertiary/aromatic N) is 4. The Morgan fingerprint density at radius 2 is 1.97 bits per heavy atom. The number of halogens is 1. The zero-order valence-electron chi connectivity index (χ0n) is 19.9. The monoisotopic (exact) mass is 480 g/mol. The maximum Gasteiger partial charge on any atom is 0.270 e. The quantitative estimate of drug-likeness (QED) is 0.575. The van der Waals surface area contributed by atoms with Crippen LogP contribution in [0.4, 0.5) is 10.1 Å². The highest BCUT2D eigenvalue weighted by Crippen LogP contribution is 2.22. The number of hydrogen-bond donors (Lipinski definition) is 2. The summed E-state index contributed by atoms with van der Waals surface area (Å²) in [6.07, 6.45) is 0.827. The van der Waals surface area contributed by atoms with Gasteiger partial charge in [-0.3, -0.25) is 14.5 Å². The molecule has 184 valence electrons. The number of pyridine rings is 1. The van der Waals surface area contributed by atoms with E-state index in [1.54, 1.807) is 19.1 Å². The van der Waals surface area contributed by atoms with Crippen LogP contribution in [0.3, 0.4) is 0 Å². The standard InChI is InChI=1S/C25H29FN6O3/c1-15-22(4-3-20(27-15)25(34)29-18-5-10-35-14-18)32-8-6-31(7-9-32)13-17-11-19(26)23-21(12-17)30-24(33)16(2)28-23/h3-4,11-12,18H,5-10,13-14H2,1-2H3,(H,29,34)(H,30,33)/t18-/m1/s1. The van der Waals surface area contributed by atoms with Crippen LogP contribution in [0, 0.1) is 19.7 Å². The maximum atomic E-state index is 14.6. The average Bonchev–Trinajstić information content (AvgIpc) is 3.34. The second-order valence-corrected chi connectivity index (χ2v) is 9.22. The van der Waals surface area contributed by atoms with Crippen molar-refractivity contribution in [2.45, 2.75) is 32.9 Å². The van der Waals surface area contributed by atoms with Crippen LogP contribution in [0.1, 0.15) is 33.9 Å². The van der Waals surface area contributed by atoms with E-state index in [9.17, 15) is 14.0 Å². The van der Waals surface area contributed by atoms with Gasteiger partial charge in [0, 0.05) is 39.3 Å². The van der Waals surface area contributed by atoms with Crippen LogP contribution < -0.4 is 15.8 Å². The van der Waals surface area contributed by atoms with Crippen molar-refractivity contribution in [2.75, 3.05) is 44.3 Å². The minimum atomic E-state index is -0.429. The summed E-state index contributed by atoms with van der Waals surface area (Å²) < 4.78 is 19.9. The van der Waals surface area contributed by atoms with Gasteiger partial charge in [0.1, 0.15) is 16.9 Å². The Labute approximate surface area is 202 Å². The van der Waals surface area contributed by atoms with E-state index in [2.05, 4.69) is 30.1 Å². The highest BCUT2D eigenvalue weighted by molar-refractivity contribution is 5.92. The molecule has 0 bridgehead atoms. The molecular weight excluding hydrogens is 451 g/mol. The number of fused-ring (bicyclic) bond motifs is 1. The van der Waals surface area contributed by atoms with Gasteiger partial charge in [0.25, 0.3) is 11.5 Å². The van der Waals surface area contributed by atoms with E-state index in [4.69, 9.17) is 4.74 Å². The van der Waals surface area contributed by atoms with Gasteiger partial charge in [-0.15, -0.1) is 0 Å². The lowest BCUT2D eigenvalue weighted by molar-refractivity contribution is 0.0924. The molecule has 4 heterocycles. The van der Waals surface area contributed by atoms with Gasteiger partial charge in [0.2, 0.25) is 0 Å². The predicted octanol–water partition coefficient (Wildman–Crippen LogP) is 1.91. The Kier molecular flexibility index (Phi) is 6.48. The molecular formula is C25H29FN6O3. The van der Waals surface area contributed by atoms with Crippen LogP contribution in [0.15, 0.2) is 29.1 Å². The number of H-pyrrole nitrogens is 1. The predicted molar refractivity (Wildman–Crippen MR) is 130 cm³/mol. The van der Waals surface area contributed by atoms with E-state index in [0.29, 0.717) is 31.0 Å². The number of aryl methyl sites for hydroxylation is 2. The lowest BCUT2D eigenvalue weighted by Crippen LogP contribution is -2.46. The Morgan fingerprint density at radius 1 is 1.17 bits per heavy atom. The second kappa shape index (κ2) is 9.71. The smallest absolute Gasteiger partial charge is 0.270 e. The third-order valence-corrected chi connectivity index (χ3v) is 6.65. The van der Waals surface area contributed by atoms with Gasteiger partial charge in [-0.05, 0) is 50.1 Å². The fourth-order valence-electron chi connectivity index (χ4n) is 4.71. The van der Waals surface area contributed by atoms with E-state index in [0.717, 1.165) is 49.5 Å². The van der Waals surface area contributed by atoms with Crippen molar-refractivity contribution in [3.63, 3.8) is 0 Å². The average molecular weight is 481 g/mol. The van der Waals surface area contributed by atoms with Gasteiger partial charge in [-0.2, -0.15) is 0 Å². The number of benzene rings is 1. The van der Waals surface area contributed by atoms with Gasteiger partial charge < -0.3 is 19.9 Å². The zero-order chi connectivity index (χ0) is 24.5. The molecule has 0 radical (unpaired) electrons. The van der Waals surface area contributed by atoms with E-state index >= 15 is 0 Å². The number of carbonyl (C=O) groups is 1. The maximum absolute atomic E-state index is 14.6. The summed E-state index contributed by atoms with van der Waals surface area (Å²) in [5.74, 6) is -0.601. The summed E-state index contributed by atoms with van der Waals surface area (Å²) in [6.45, 7) is 8.47. The van der Waals surface area contributed by atoms with Gasteiger partial charge in [-0.25, -0.2) is 14.4 Å². The van der Waals surface area contributed by atoms with Crippen LogP contribution in [-0.2, 0) is 11.3 Å². The van der Waals surface area contributed by atoms with Gasteiger partial charge in [-0.1, -0.05) is 0 Å². The van der Waals surface area contributed by atoms with Crippen molar-refractivity contribution in [1.29, 1.82) is 0 Å². The summed E-state index contributed by atoms with van der Waals surface area (Å²) in [4.78, 5) is 40.2. The molecule has 5 rings (SSSR count). The largest absolute Gasteiger partial charge is 0.379 e. The molecule has 0 spiro atoms. The van der Waals surface area contributed by atoms with Gasteiger partial charge in [0.05, 0.1) is 29.5 Å². The van der Waals surface area contributed by atoms with Crippen molar-refractivity contribution in [3.8, 4) is 0 Å². The molecule has 3 aromatic rings. The highest BCUT2D eigenvalue weighted by atomic mass is 19.1. The number of ether oxygens (including phenoxy) is 1. The number of rotatable bonds is 5. The number of amides is 1. The highest BCUT2D eigenvalue weighted by Gasteiger charge is 2.22. The molecule has 0 unspecified atom stereocenters. The first-order valence-electron chi connectivity index (χ1n) is 11.9. The summed E-state index contributed by atoms with van der Waals surface area (Å²) in [7, 11) is 0. The third kappa shape index (κ3) is 5.03. The summed E-state index contributed by atoms with van der Waals surface area (Å²) >= 11 is 0. The number of anilines is 1. The van der Waals surface area contributed by atoms with Crippen LogP contribution in [0.5, 0.6) is 0 Å². The molecule has 1 atom stereocenters. The first-order chi connectivity index (χ1) is 16.9. The molecule has 9 nitrogen and oxygen atoms in total. The first-order valence-corrected chi connectivity index (χ1v) is 11.9. The van der Waals surface area contributed by atoms with E-state index in [1.165, 1.54) is 6.07 Å². The van der Waals surface area contributed by atoms with Crippen molar-refractivity contribution < 1.29 is 13.9 Å². The van der Waals surface area contributed by atoms with Gasteiger partial charge in [0.15, 0.2) is 5.82 Å². The molecule has 1 aromatic carbocycles. The molecule has 2 N–H and O–H groups in total. The fraction of sp³-hybridized carbons (Fsp3) is 0.440. The van der Waals surface area contributed by atoms with Crippen LogP contribution in [-0.4, -0.2) is 71.2 Å². The van der Waals surface area contributed by atoms with Crippen molar-refractivity contribution in [1.82, 2.24) is 25.2 Å². The molecule has 35 heavy (non-hydrogen) atoms. The lowest BCUT2D eigenvalue weighted by Gasteiger charge is -2.36. The number of piperazine rings is 1. The summed E-state index contributed by atoms with van der Waals surface area (Å²) in [6, 6.07) is 7.08. The first kappa shape index (κ1) is 23.4. The topological polar surface area (TPSA) is 103 Å². The molecule has 10 heteroatoms. The minimum Gasteiger partial charge on any atom is -0.379 e. The van der Waals surface area contributed by atoms with Crippen molar-refractivity contribution in [3.05, 3.63) is 63.1 Å². The Bertz CT molecular complexity index is 1310. The summed E-state index contributed by atoms with van der Waals surface area (Å²) in [5, 5.41) is 2.97. The lowest BCUT2D eigenvalue weighted by atomic mass is 10.1. The number of aromatic amines is 1. The number of hydrogen-bond acceptors (Lipinski definition) is 7. The number of nitrogens with one attached hydrogen (secondary N) is 2. The fourth-order valence-corrected chi connectivity index (χ4v) is 4.71. The number of carbonyl (C=O) groups excluding carboxylic acids is 1. The van der Waals surface area contributed by atoms with E-state index in [1.807, 2.05) is 13.0 Å². The molecule has 0 saturated carbocycles. The van der Waals surface area contributed by atoms with Crippen LogP contribution >= 0.6 is 0 Å². The number of aromatic nitrogens is 3. The van der Waals surface area contributed by atoms with Crippen molar-refractivity contribution >= 4 is 22.6 Å². The van der Waals surface area contributed by atoms with E-state index in [-0.39, 0.29) is 28.7 Å². The molecule has 0 aliphatic carbocycles. The minimum absolute atomic E-state index is 0.0501. The molecule has 2 saturated heterocycles. The SMILES string of the molecule is Cc1nc(C(=O)N[C@@H]2CCOC2)ccc1N1CCN(Cc2cc(F)c3nc(C)c(=O)[nH]c3c2)CC1. The third-order valence-electron chi connectivity index (χ3n) is 6.65. The normalized spacial score (nSPS) is 18.8. The Hall–Kier alpha value is -3.37. The van der Waals surface area contributed by atoms with Crippen LogP contribution in [0.2, 0.25) is 0 Å². The zero-order valence-corrected chi connectivity index (χ0v) is 19.9. The molecule has 2 aromatic heterocycles. The second-order valence-electron chi connectivity index (χ2n) is 9.22. The van der Waals surface area contributed by atoms with Gasteiger partial charge >= 0.3 is 0 Å². The Morgan fingerprint density at radius 3 is 2.69 bits per heavy atom. The van der Waals surface area contributed by atoms with Crippen molar-refractivity contribution in [2.24, 2.45) is 0 Å². The van der Waals surface area contributed by atoms with Crippen LogP contribution in [0.25, 0.3) is 11.0 Å². The van der Waals surface area contributed by atoms with E-state index < -0.39 is 5.82 Å². The summed E-state index contributed by atoms with van der Waals surface area (Å²) in [5.41, 5.74) is 3.60. The molecule has 1 amide bonds. The molecule has 2 aliphatic rings. The molecule has 2 aliphatic heterocycles.